The van der Waals surface area contributed by atoms with Crippen LogP contribution in [0.1, 0.15) is 23.2 Å². The molecule has 0 fully saturated rings. The van der Waals surface area contributed by atoms with Gasteiger partial charge in [0.05, 0.1) is 18.7 Å². The van der Waals surface area contributed by atoms with Crippen molar-refractivity contribution in [3.8, 4) is 0 Å². The van der Waals surface area contributed by atoms with Gasteiger partial charge in [-0.1, -0.05) is 5.10 Å². The van der Waals surface area contributed by atoms with Crippen LogP contribution in [0.25, 0.3) is 0 Å². The third kappa shape index (κ3) is 4.28. The summed E-state index contributed by atoms with van der Waals surface area (Å²) in [6.45, 7) is 2.71. The highest BCUT2D eigenvalue weighted by atomic mass is 16.5. The van der Waals surface area contributed by atoms with E-state index in [4.69, 9.17) is 9.15 Å². The van der Waals surface area contributed by atoms with Crippen LogP contribution in [0.5, 0.6) is 0 Å². The highest BCUT2D eigenvalue weighted by Gasteiger charge is 2.09. The number of anilines is 2. The van der Waals surface area contributed by atoms with Crippen LogP contribution in [0.2, 0.25) is 0 Å². The van der Waals surface area contributed by atoms with Crippen molar-refractivity contribution in [2.24, 2.45) is 0 Å². The minimum Gasteiger partial charge on any atom is -0.462 e. The van der Waals surface area contributed by atoms with E-state index in [1.54, 1.807) is 31.2 Å². The molecule has 2 aromatic rings. The number of carbonyl (C=O) groups is 1. The fourth-order valence-electron chi connectivity index (χ4n) is 1.67. The molecule has 21 heavy (non-hydrogen) atoms. The summed E-state index contributed by atoms with van der Waals surface area (Å²) in [5.41, 5.74) is 1.25. The molecule has 1 heterocycles. The third-order valence-electron chi connectivity index (χ3n) is 2.57. The zero-order valence-corrected chi connectivity index (χ0v) is 12.3. The Labute approximate surface area is 122 Å². The fraction of sp³-hybridized carbons (Fsp3) is 0.357. The second kappa shape index (κ2) is 6.85. The van der Waals surface area contributed by atoms with Crippen LogP contribution in [0, 0.1) is 0 Å². The molecule has 0 saturated carbocycles. The Kier molecular flexibility index (Phi) is 4.89. The van der Waals surface area contributed by atoms with Crippen molar-refractivity contribution in [3.63, 3.8) is 0 Å². The first kappa shape index (κ1) is 15.0. The van der Waals surface area contributed by atoms with Gasteiger partial charge in [-0.05, 0) is 45.3 Å². The van der Waals surface area contributed by atoms with E-state index < -0.39 is 0 Å². The number of aromatic nitrogens is 2. The number of carbonyl (C=O) groups excluding carboxylic acids is 1. The van der Waals surface area contributed by atoms with Gasteiger partial charge in [0, 0.05) is 5.69 Å². The molecule has 0 amide bonds. The molecule has 0 aliphatic rings. The Morgan fingerprint density at radius 2 is 2.00 bits per heavy atom. The predicted octanol–water partition coefficient (Wildman–Crippen LogP) is 2.05. The molecular weight excluding hydrogens is 272 g/mol. The molecular formula is C14H18N4O3. The fourth-order valence-corrected chi connectivity index (χ4v) is 1.67. The average molecular weight is 290 g/mol. The van der Waals surface area contributed by atoms with E-state index >= 15 is 0 Å². The highest BCUT2D eigenvalue weighted by Crippen LogP contribution is 2.16. The molecule has 112 valence electrons. The van der Waals surface area contributed by atoms with Gasteiger partial charge in [-0.2, -0.15) is 0 Å². The van der Waals surface area contributed by atoms with Crippen molar-refractivity contribution in [2.45, 2.75) is 13.5 Å². The molecule has 0 aliphatic carbocycles. The topological polar surface area (TPSA) is 80.5 Å². The summed E-state index contributed by atoms with van der Waals surface area (Å²) in [4.78, 5) is 13.5. The Morgan fingerprint density at radius 3 is 2.62 bits per heavy atom. The highest BCUT2D eigenvalue weighted by molar-refractivity contribution is 5.89. The largest absolute Gasteiger partial charge is 0.462 e. The summed E-state index contributed by atoms with van der Waals surface area (Å²) in [6, 6.07) is 7.18. The van der Waals surface area contributed by atoms with Crippen molar-refractivity contribution in [2.75, 3.05) is 26.0 Å². The molecule has 2 rings (SSSR count). The van der Waals surface area contributed by atoms with E-state index in [1.165, 1.54) is 0 Å². The van der Waals surface area contributed by atoms with Crippen LogP contribution in [-0.2, 0) is 11.3 Å². The van der Waals surface area contributed by atoms with Crippen LogP contribution in [0.3, 0.4) is 0 Å². The Morgan fingerprint density at radius 1 is 1.29 bits per heavy atom. The summed E-state index contributed by atoms with van der Waals surface area (Å²) in [5, 5.41) is 10.8. The van der Waals surface area contributed by atoms with E-state index in [1.807, 2.05) is 19.0 Å². The Hall–Kier alpha value is -2.41. The molecule has 0 radical (unpaired) electrons. The molecule has 1 N–H and O–H groups in total. The number of benzene rings is 1. The number of nitrogens with zero attached hydrogens (tertiary/aromatic N) is 3. The molecule has 0 bridgehead atoms. The van der Waals surface area contributed by atoms with E-state index in [2.05, 4.69) is 15.5 Å². The quantitative estimate of drug-likeness (QED) is 0.815. The molecule has 0 saturated heterocycles. The van der Waals surface area contributed by atoms with Gasteiger partial charge in [0.25, 0.3) is 0 Å². The lowest BCUT2D eigenvalue weighted by Gasteiger charge is -2.05. The molecule has 1 aromatic carbocycles. The van der Waals surface area contributed by atoms with Crippen LogP contribution in [0.4, 0.5) is 11.7 Å². The van der Waals surface area contributed by atoms with Gasteiger partial charge in [-0.15, -0.1) is 5.10 Å². The van der Waals surface area contributed by atoms with E-state index in [0.29, 0.717) is 30.6 Å². The molecule has 0 spiro atoms. The van der Waals surface area contributed by atoms with Crippen molar-refractivity contribution in [3.05, 3.63) is 35.7 Å². The summed E-state index contributed by atoms with van der Waals surface area (Å²) in [5.74, 6) is 0.195. The predicted molar refractivity (Wildman–Crippen MR) is 77.4 cm³/mol. The summed E-state index contributed by atoms with van der Waals surface area (Å²) in [7, 11) is 3.84. The average Bonchev–Trinajstić information content (AvgIpc) is 2.86. The Balaban J connectivity index is 2.00. The van der Waals surface area contributed by atoms with Gasteiger partial charge in [0.1, 0.15) is 0 Å². The maximum Gasteiger partial charge on any atom is 0.338 e. The number of ether oxygens (including phenoxy) is 1. The van der Waals surface area contributed by atoms with Gasteiger partial charge in [0.2, 0.25) is 5.89 Å². The van der Waals surface area contributed by atoms with E-state index in [0.717, 1.165) is 5.69 Å². The lowest BCUT2D eigenvalue weighted by atomic mass is 10.2. The van der Waals surface area contributed by atoms with Crippen LogP contribution in [-0.4, -0.2) is 41.8 Å². The van der Waals surface area contributed by atoms with Gasteiger partial charge in [0.15, 0.2) is 0 Å². The third-order valence-corrected chi connectivity index (χ3v) is 2.57. The van der Waals surface area contributed by atoms with Gasteiger partial charge in [-0.3, -0.25) is 0 Å². The minimum atomic E-state index is -0.338. The number of esters is 1. The first-order valence-corrected chi connectivity index (χ1v) is 6.60. The van der Waals surface area contributed by atoms with Crippen molar-refractivity contribution >= 4 is 17.7 Å². The lowest BCUT2D eigenvalue weighted by Crippen LogP contribution is -2.10. The summed E-state index contributed by atoms with van der Waals surface area (Å²) >= 11 is 0. The molecule has 0 aliphatic heterocycles. The zero-order valence-electron chi connectivity index (χ0n) is 12.3. The van der Waals surface area contributed by atoms with Crippen molar-refractivity contribution in [1.29, 1.82) is 0 Å². The maximum absolute atomic E-state index is 11.5. The number of nitrogens with one attached hydrogen (secondary N) is 1. The molecule has 7 nitrogen and oxygen atoms in total. The monoisotopic (exact) mass is 290 g/mol. The molecule has 7 heteroatoms. The second-order valence-electron chi connectivity index (χ2n) is 4.66. The van der Waals surface area contributed by atoms with Gasteiger partial charge < -0.3 is 19.4 Å². The molecule has 0 atom stereocenters. The van der Waals surface area contributed by atoms with Gasteiger partial charge >= 0.3 is 12.0 Å². The smallest absolute Gasteiger partial charge is 0.338 e. The zero-order chi connectivity index (χ0) is 15.2. The number of hydrogen-bond donors (Lipinski definition) is 1. The summed E-state index contributed by atoms with van der Waals surface area (Å²) in [6.07, 6.45) is 0. The number of hydrogen-bond acceptors (Lipinski definition) is 7. The lowest BCUT2D eigenvalue weighted by molar-refractivity contribution is 0.0526. The standard InChI is InChI=1S/C14H18N4O3/c1-4-20-13(19)10-5-7-11(8-6-10)15-14-17-16-12(21-14)9-18(2)3/h5-8H,4,9H2,1-3H3,(H,15,17). The Bertz CT molecular complexity index is 593. The maximum atomic E-state index is 11.5. The van der Waals surface area contributed by atoms with E-state index in [-0.39, 0.29) is 5.97 Å². The van der Waals surface area contributed by atoms with Gasteiger partial charge in [-0.25, -0.2) is 4.79 Å². The normalized spacial score (nSPS) is 10.7. The molecule has 1 aromatic heterocycles. The van der Waals surface area contributed by atoms with Crippen LogP contribution in [0.15, 0.2) is 28.7 Å². The number of rotatable bonds is 6. The molecule has 0 unspecified atom stereocenters. The van der Waals surface area contributed by atoms with E-state index in [9.17, 15) is 4.79 Å². The van der Waals surface area contributed by atoms with Crippen molar-refractivity contribution < 1.29 is 13.9 Å². The first-order chi connectivity index (χ1) is 10.1. The summed E-state index contributed by atoms with van der Waals surface area (Å²) < 4.78 is 10.4. The van der Waals surface area contributed by atoms with Crippen LogP contribution >= 0.6 is 0 Å². The van der Waals surface area contributed by atoms with Crippen LogP contribution < -0.4 is 5.32 Å². The first-order valence-electron chi connectivity index (χ1n) is 6.60. The second-order valence-corrected chi connectivity index (χ2v) is 4.66. The SMILES string of the molecule is CCOC(=O)c1ccc(Nc2nnc(CN(C)C)o2)cc1. The minimum absolute atomic E-state index is 0.315. The van der Waals surface area contributed by atoms with Crippen molar-refractivity contribution in [1.82, 2.24) is 15.1 Å².